The highest BCUT2D eigenvalue weighted by Gasteiger charge is 2.38. The van der Waals surface area contributed by atoms with Crippen molar-refractivity contribution in [2.24, 2.45) is 0 Å². The molecular weight excluding hydrogens is 326 g/mol. The molecule has 1 aliphatic heterocycles. The number of sulfone groups is 1. The highest BCUT2D eigenvalue weighted by molar-refractivity contribution is 7.93. The third-order valence-electron chi connectivity index (χ3n) is 4.02. The molecule has 0 N–H and O–H groups in total. The van der Waals surface area contributed by atoms with Crippen LogP contribution in [0.2, 0.25) is 5.02 Å². The summed E-state index contributed by atoms with van der Waals surface area (Å²) in [5.74, 6) is -0.709. The monoisotopic (exact) mass is 343 g/mol. The maximum atomic E-state index is 12.2. The molecule has 5 nitrogen and oxygen atoms in total. The van der Waals surface area contributed by atoms with E-state index in [4.69, 9.17) is 16.3 Å². The van der Waals surface area contributed by atoms with Gasteiger partial charge in [0.05, 0.1) is 18.4 Å². The fourth-order valence-electron chi connectivity index (χ4n) is 2.56. The molecule has 1 heterocycles. The van der Waals surface area contributed by atoms with Crippen molar-refractivity contribution in [3.8, 4) is 0 Å². The molecule has 3 rings (SSSR count). The van der Waals surface area contributed by atoms with Gasteiger partial charge in [-0.15, -0.1) is 0 Å². The standard InChI is InChI=1S/C15H18ClNO4S/c16-12-3-1-11(2-4-12)14-9-17(7-8-21-14)15(18)10-22(19,20)13-5-6-13/h1-4,13-14H,5-10H2/t14-/m0/s1. The van der Waals surface area contributed by atoms with Crippen LogP contribution in [0.3, 0.4) is 0 Å². The summed E-state index contributed by atoms with van der Waals surface area (Å²) in [7, 11) is -3.27. The molecule has 0 aromatic heterocycles. The Bertz CT molecular complexity index is 655. The minimum absolute atomic E-state index is 0.237. The van der Waals surface area contributed by atoms with Crippen molar-refractivity contribution < 1.29 is 17.9 Å². The molecule has 0 spiro atoms. The zero-order valence-electron chi connectivity index (χ0n) is 12.1. The van der Waals surface area contributed by atoms with Gasteiger partial charge in [-0.2, -0.15) is 0 Å². The summed E-state index contributed by atoms with van der Waals surface area (Å²) in [6, 6.07) is 7.28. The van der Waals surface area contributed by atoms with Gasteiger partial charge in [-0.05, 0) is 30.5 Å². The lowest BCUT2D eigenvalue weighted by atomic mass is 10.1. The predicted octanol–water partition coefficient (Wildman–Crippen LogP) is 1.82. The topological polar surface area (TPSA) is 63.7 Å². The molecule has 2 aliphatic rings. The van der Waals surface area contributed by atoms with Gasteiger partial charge < -0.3 is 9.64 Å². The lowest BCUT2D eigenvalue weighted by Crippen LogP contribution is -2.45. The molecule has 120 valence electrons. The first-order chi connectivity index (χ1) is 10.5. The van der Waals surface area contributed by atoms with Crippen molar-refractivity contribution in [2.45, 2.75) is 24.2 Å². The van der Waals surface area contributed by atoms with Crippen molar-refractivity contribution in [1.29, 1.82) is 0 Å². The Balaban J connectivity index is 1.65. The number of amides is 1. The van der Waals surface area contributed by atoms with Crippen LogP contribution >= 0.6 is 11.6 Å². The predicted molar refractivity (Wildman–Crippen MR) is 83.5 cm³/mol. The smallest absolute Gasteiger partial charge is 0.237 e. The van der Waals surface area contributed by atoms with Crippen molar-refractivity contribution in [1.82, 2.24) is 4.90 Å². The molecule has 1 atom stereocenters. The molecule has 1 saturated carbocycles. The van der Waals surface area contributed by atoms with Crippen LogP contribution in [0.25, 0.3) is 0 Å². The van der Waals surface area contributed by atoms with E-state index in [1.807, 2.05) is 12.1 Å². The SMILES string of the molecule is O=C(CS(=O)(=O)C1CC1)N1CCO[C@H](c2ccc(Cl)cc2)C1. The Morgan fingerprint density at radius 2 is 1.95 bits per heavy atom. The Morgan fingerprint density at radius 1 is 1.27 bits per heavy atom. The van der Waals surface area contributed by atoms with Gasteiger partial charge in [-0.3, -0.25) is 4.79 Å². The van der Waals surface area contributed by atoms with E-state index in [2.05, 4.69) is 0 Å². The van der Waals surface area contributed by atoms with Gasteiger partial charge in [0.25, 0.3) is 0 Å². The van der Waals surface area contributed by atoms with E-state index in [9.17, 15) is 13.2 Å². The van der Waals surface area contributed by atoms with E-state index in [0.717, 1.165) is 5.56 Å². The van der Waals surface area contributed by atoms with Crippen molar-refractivity contribution >= 4 is 27.3 Å². The third kappa shape index (κ3) is 3.62. The van der Waals surface area contributed by atoms with E-state index in [1.165, 1.54) is 0 Å². The van der Waals surface area contributed by atoms with Crippen LogP contribution in [0, 0.1) is 0 Å². The van der Waals surface area contributed by atoms with E-state index >= 15 is 0 Å². The maximum absolute atomic E-state index is 12.2. The number of rotatable bonds is 4. The van der Waals surface area contributed by atoms with Gasteiger partial charge in [0.1, 0.15) is 11.9 Å². The molecule has 7 heteroatoms. The number of hydrogen-bond donors (Lipinski definition) is 0. The number of ether oxygens (including phenoxy) is 1. The summed E-state index contributed by atoms with van der Waals surface area (Å²) in [6.07, 6.45) is 1.14. The van der Waals surface area contributed by atoms with Crippen molar-refractivity contribution in [3.05, 3.63) is 34.9 Å². The van der Waals surface area contributed by atoms with Crippen LogP contribution in [0.15, 0.2) is 24.3 Å². The van der Waals surface area contributed by atoms with Gasteiger partial charge >= 0.3 is 0 Å². The molecule has 0 bridgehead atoms. The van der Waals surface area contributed by atoms with Crippen LogP contribution in [-0.4, -0.2) is 49.9 Å². The van der Waals surface area contributed by atoms with Gasteiger partial charge in [0.15, 0.2) is 9.84 Å². The zero-order chi connectivity index (χ0) is 15.7. The second kappa shape index (κ2) is 6.18. The molecule has 2 fully saturated rings. The normalized spacial score (nSPS) is 22.6. The average Bonchev–Trinajstić information content (AvgIpc) is 3.33. The van der Waals surface area contributed by atoms with E-state index in [-0.39, 0.29) is 23.0 Å². The van der Waals surface area contributed by atoms with E-state index in [0.29, 0.717) is 37.6 Å². The number of halogens is 1. The first-order valence-corrected chi connectivity index (χ1v) is 9.41. The van der Waals surface area contributed by atoms with Gasteiger partial charge in [0, 0.05) is 11.6 Å². The first kappa shape index (κ1) is 15.8. The third-order valence-corrected chi connectivity index (χ3v) is 6.41. The minimum atomic E-state index is -3.27. The second-order valence-electron chi connectivity index (χ2n) is 5.76. The number of carbonyl (C=O) groups excluding carboxylic acids is 1. The molecule has 1 aliphatic carbocycles. The second-order valence-corrected chi connectivity index (χ2v) is 8.47. The number of benzene rings is 1. The molecule has 0 radical (unpaired) electrons. The summed E-state index contributed by atoms with van der Waals surface area (Å²) >= 11 is 5.87. The Morgan fingerprint density at radius 3 is 2.59 bits per heavy atom. The Kier molecular flexibility index (Phi) is 4.43. The Labute approximate surface area is 135 Å². The minimum Gasteiger partial charge on any atom is -0.370 e. The van der Waals surface area contributed by atoms with Crippen LogP contribution in [0.5, 0.6) is 0 Å². The fraction of sp³-hybridized carbons (Fsp3) is 0.533. The number of nitrogens with zero attached hydrogens (tertiary/aromatic N) is 1. The van der Waals surface area contributed by atoms with Gasteiger partial charge in [0.2, 0.25) is 5.91 Å². The summed E-state index contributed by atoms with van der Waals surface area (Å²) in [4.78, 5) is 13.8. The van der Waals surface area contributed by atoms with Crippen LogP contribution in [0.4, 0.5) is 0 Å². The number of carbonyl (C=O) groups is 1. The fourth-order valence-corrected chi connectivity index (χ4v) is 4.31. The molecule has 1 aromatic carbocycles. The zero-order valence-corrected chi connectivity index (χ0v) is 13.6. The number of hydrogen-bond acceptors (Lipinski definition) is 4. The molecule has 0 unspecified atom stereocenters. The van der Waals surface area contributed by atoms with E-state index < -0.39 is 9.84 Å². The first-order valence-electron chi connectivity index (χ1n) is 7.32. The van der Waals surface area contributed by atoms with Gasteiger partial charge in [-0.25, -0.2) is 8.42 Å². The maximum Gasteiger partial charge on any atom is 0.237 e. The lowest BCUT2D eigenvalue weighted by Gasteiger charge is -2.33. The summed E-state index contributed by atoms with van der Waals surface area (Å²) in [5.41, 5.74) is 0.937. The highest BCUT2D eigenvalue weighted by atomic mass is 35.5. The molecule has 1 saturated heterocycles. The van der Waals surface area contributed by atoms with Crippen LogP contribution in [-0.2, 0) is 19.4 Å². The summed E-state index contributed by atoms with van der Waals surface area (Å²) in [6.45, 7) is 1.21. The van der Waals surface area contributed by atoms with Crippen LogP contribution in [0.1, 0.15) is 24.5 Å². The molecule has 22 heavy (non-hydrogen) atoms. The van der Waals surface area contributed by atoms with Gasteiger partial charge in [-0.1, -0.05) is 23.7 Å². The quantitative estimate of drug-likeness (QED) is 0.836. The number of morpholine rings is 1. The van der Waals surface area contributed by atoms with Crippen molar-refractivity contribution in [3.63, 3.8) is 0 Å². The lowest BCUT2D eigenvalue weighted by molar-refractivity contribution is -0.136. The summed E-state index contributed by atoms with van der Waals surface area (Å²) < 4.78 is 29.6. The van der Waals surface area contributed by atoms with Crippen molar-refractivity contribution in [2.75, 3.05) is 25.4 Å². The molecule has 1 aromatic rings. The van der Waals surface area contributed by atoms with E-state index in [1.54, 1.807) is 17.0 Å². The average molecular weight is 344 g/mol. The molecule has 1 amide bonds. The molecular formula is C15H18ClNO4S. The summed E-state index contributed by atoms with van der Waals surface area (Å²) in [5, 5.41) is 0.340. The largest absolute Gasteiger partial charge is 0.370 e. The Hall–Kier alpha value is -1.11. The highest BCUT2D eigenvalue weighted by Crippen LogP contribution is 2.29. The van der Waals surface area contributed by atoms with Crippen LogP contribution < -0.4 is 0 Å².